The lowest BCUT2D eigenvalue weighted by atomic mass is 10.0. The van der Waals surface area contributed by atoms with Gasteiger partial charge in [0.05, 0.1) is 6.04 Å². The quantitative estimate of drug-likeness (QED) is 0.637. The van der Waals surface area contributed by atoms with Gasteiger partial charge in [0, 0.05) is 12.6 Å². The Balaban J connectivity index is 2.40. The van der Waals surface area contributed by atoms with Crippen LogP contribution < -0.4 is 5.32 Å². The van der Waals surface area contributed by atoms with Crippen molar-refractivity contribution in [2.45, 2.75) is 45.2 Å². The summed E-state index contributed by atoms with van der Waals surface area (Å²) in [5.74, 6) is 1.41. The van der Waals surface area contributed by atoms with Crippen LogP contribution in [-0.2, 0) is 4.79 Å². The molecule has 94 valence electrons. The van der Waals surface area contributed by atoms with Gasteiger partial charge < -0.3 is 10.1 Å². The third kappa shape index (κ3) is 4.22. The molecule has 0 aliphatic heterocycles. The monoisotopic (exact) mass is 226 g/mol. The predicted molar refractivity (Wildman–Crippen MR) is 67.5 cm³/mol. The zero-order valence-corrected chi connectivity index (χ0v) is 11.1. The summed E-state index contributed by atoms with van der Waals surface area (Å²) in [6.07, 6.45) is 4.74. The Morgan fingerprint density at radius 2 is 2.06 bits per heavy atom. The van der Waals surface area contributed by atoms with Crippen molar-refractivity contribution in [3.05, 3.63) is 0 Å². The summed E-state index contributed by atoms with van der Waals surface area (Å²) in [6, 6.07) is 0.634. The Hall–Kier alpha value is -0.410. The second-order valence-corrected chi connectivity index (χ2v) is 5.51. The van der Waals surface area contributed by atoms with Crippen molar-refractivity contribution >= 4 is 6.29 Å². The normalized spacial score (nSPS) is 20.1. The highest BCUT2D eigenvalue weighted by molar-refractivity contribution is 5.57. The van der Waals surface area contributed by atoms with Crippen LogP contribution >= 0.6 is 0 Å². The van der Waals surface area contributed by atoms with E-state index in [-0.39, 0.29) is 6.04 Å². The summed E-state index contributed by atoms with van der Waals surface area (Å²) in [5.41, 5.74) is 0. The lowest BCUT2D eigenvalue weighted by molar-refractivity contribution is -0.112. The molecule has 1 N–H and O–H groups in total. The van der Waals surface area contributed by atoms with Gasteiger partial charge in [-0.15, -0.1) is 0 Å². The van der Waals surface area contributed by atoms with Crippen molar-refractivity contribution in [3.63, 3.8) is 0 Å². The van der Waals surface area contributed by atoms with Gasteiger partial charge in [-0.25, -0.2) is 0 Å². The van der Waals surface area contributed by atoms with Gasteiger partial charge in [0.15, 0.2) is 0 Å². The highest BCUT2D eigenvalue weighted by Crippen LogP contribution is 2.32. The Morgan fingerprint density at radius 3 is 2.44 bits per heavy atom. The molecule has 2 atom stereocenters. The number of carbonyl (C=O) groups excluding carboxylic acids is 1. The molecule has 0 amide bonds. The molecule has 0 bridgehead atoms. The fraction of sp³-hybridized carbons (Fsp3) is 0.923. The van der Waals surface area contributed by atoms with E-state index in [1.807, 2.05) is 7.05 Å². The van der Waals surface area contributed by atoms with Gasteiger partial charge in [-0.3, -0.25) is 4.90 Å². The fourth-order valence-electron chi connectivity index (χ4n) is 2.24. The van der Waals surface area contributed by atoms with Crippen LogP contribution in [0.4, 0.5) is 0 Å². The molecule has 0 aromatic carbocycles. The number of carbonyl (C=O) groups is 1. The van der Waals surface area contributed by atoms with Gasteiger partial charge in [-0.2, -0.15) is 0 Å². The molecule has 1 rings (SSSR count). The standard InChI is InChI=1S/C13H26N2O/c1-10(2)7-12(9-16)15(4)8-13(14-3)11-5-6-11/h9-14H,5-8H2,1-4H3. The van der Waals surface area contributed by atoms with Gasteiger partial charge >= 0.3 is 0 Å². The van der Waals surface area contributed by atoms with E-state index < -0.39 is 0 Å². The van der Waals surface area contributed by atoms with Crippen LogP contribution in [0.1, 0.15) is 33.1 Å². The lowest BCUT2D eigenvalue weighted by Gasteiger charge is -2.29. The van der Waals surface area contributed by atoms with E-state index in [1.54, 1.807) is 0 Å². The Bertz CT molecular complexity index is 214. The minimum absolute atomic E-state index is 0.0783. The minimum atomic E-state index is 0.0783. The smallest absolute Gasteiger partial charge is 0.137 e. The summed E-state index contributed by atoms with van der Waals surface area (Å²) < 4.78 is 0. The number of rotatable bonds is 8. The Labute approximate surface area is 99.6 Å². The van der Waals surface area contributed by atoms with Crippen molar-refractivity contribution in [1.29, 1.82) is 0 Å². The van der Waals surface area contributed by atoms with Gasteiger partial charge in [-0.05, 0) is 45.2 Å². The molecule has 1 fully saturated rings. The maximum atomic E-state index is 11.1. The number of nitrogens with one attached hydrogen (secondary N) is 1. The molecule has 0 aromatic rings. The topological polar surface area (TPSA) is 32.3 Å². The van der Waals surface area contributed by atoms with Crippen LogP contribution in [0.25, 0.3) is 0 Å². The maximum absolute atomic E-state index is 11.1. The molecular formula is C13H26N2O. The van der Waals surface area contributed by atoms with Gasteiger partial charge in [-0.1, -0.05) is 13.8 Å². The molecule has 0 saturated heterocycles. The van der Waals surface area contributed by atoms with Crippen LogP contribution in [0.2, 0.25) is 0 Å². The zero-order valence-electron chi connectivity index (χ0n) is 11.1. The summed E-state index contributed by atoms with van der Waals surface area (Å²) in [5, 5.41) is 3.37. The first-order valence-electron chi connectivity index (χ1n) is 6.41. The Morgan fingerprint density at radius 1 is 1.44 bits per heavy atom. The van der Waals surface area contributed by atoms with Crippen LogP contribution in [0, 0.1) is 11.8 Å². The molecular weight excluding hydrogens is 200 g/mol. The third-order valence-corrected chi connectivity index (χ3v) is 3.48. The first kappa shape index (κ1) is 13.7. The average molecular weight is 226 g/mol. The van der Waals surface area contributed by atoms with Crippen LogP contribution in [0.5, 0.6) is 0 Å². The van der Waals surface area contributed by atoms with Crippen molar-refractivity contribution in [2.75, 3.05) is 20.6 Å². The molecule has 1 aliphatic rings. The minimum Gasteiger partial charge on any atom is -0.315 e. The lowest BCUT2D eigenvalue weighted by Crippen LogP contribution is -2.44. The molecule has 1 saturated carbocycles. The van der Waals surface area contributed by atoms with Crippen molar-refractivity contribution in [1.82, 2.24) is 10.2 Å². The van der Waals surface area contributed by atoms with E-state index in [0.29, 0.717) is 12.0 Å². The fourth-order valence-corrected chi connectivity index (χ4v) is 2.24. The van der Waals surface area contributed by atoms with E-state index in [9.17, 15) is 4.79 Å². The largest absolute Gasteiger partial charge is 0.315 e. The van der Waals surface area contributed by atoms with Crippen LogP contribution in [-0.4, -0.2) is 43.9 Å². The van der Waals surface area contributed by atoms with Crippen molar-refractivity contribution < 1.29 is 4.79 Å². The van der Waals surface area contributed by atoms with E-state index >= 15 is 0 Å². The number of nitrogens with zero attached hydrogens (tertiary/aromatic N) is 1. The number of hydrogen-bond acceptors (Lipinski definition) is 3. The summed E-state index contributed by atoms with van der Waals surface area (Å²) >= 11 is 0. The summed E-state index contributed by atoms with van der Waals surface area (Å²) in [4.78, 5) is 13.3. The average Bonchev–Trinajstić information content (AvgIpc) is 3.05. The first-order chi connectivity index (χ1) is 7.58. The highest BCUT2D eigenvalue weighted by Gasteiger charge is 2.31. The number of hydrogen-bond donors (Lipinski definition) is 1. The van der Waals surface area contributed by atoms with Crippen molar-refractivity contribution in [3.8, 4) is 0 Å². The summed E-state index contributed by atoms with van der Waals surface area (Å²) in [6.45, 7) is 5.32. The Kier molecular flexibility index (Phi) is 5.42. The molecule has 16 heavy (non-hydrogen) atoms. The van der Waals surface area contributed by atoms with E-state index in [1.165, 1.54) is 12.8 Å². The van der Waals surface area contributed by atoms with E-state index in [4.69, 9.17) is 0 Å². The predicted octanol–water partition coefficient (Wildman–Crippen LogP) is 1.53. The van der Waals surface area contributed by atoms with Gasteiger partial charge in [0.1, 0.15) is 6.29 Å². The van der Waals surface area contributed by atoms with Gasteiger partial charge in [0.2, 0.25) is 0 Å². The van der Waals surface area contributed by atoms with Crippen molar-refractivity contribution in [2.24, 2.45) is 11.8 Å². The molecule has 0 heterocycles. The molecule has 3 heteroatoms. The molecule has 3 nitrogen and oxygen atoms in total. The molecule has 2 unspecified atom stereocenters. The second-order valence-electron chi connectivity index (χ2n) is 5.51. The SMILES string of the molecule is CNC(CN(C)C(C=O)CC(C)C)C1CC1. The number of likely N-dealkylation sites (N-methyl/N-ethyl adjacent to an activating group) is 2. The summed E-state index contributed by atoms with van der Waals surface area (Å²) in [7, 11) is 4.09. The zero-order chi connectivity index (χ0) is 12.1. The van der Waals surface area contributed by atoms with Crippen LogP contribution in [0.3, 0.4) is 0 Å². The van der Waals surface area contributed by atoms with Gasteiger partial charge in [0.25, 0.3) is 0 Å². The molecule has 0 spiro atoms. The third-order valence-electron chi connectivity index (χ3n) is 3.48. The molecule has 0 radical (unpaired) electrons. The van der Waals surface area contributed by atoms with E-state index in [0.717, 1.165) is 25.2 Å². The molecule has 0 aromatic heterocycles. The second kappa shape index (κ2) is 6.36. The first-order valence-corrected chi connectivity index (χ1v) is 6.41. The number of aldehydes is 1. The molecule has 1 aliphatic carbocycles. The van der Waals surface area contributed by atoms with E-state index in [2.05, 4.69) is 31.1 Å². The van der Waals surface area contributed by atoms with Crippen LogP contribution in [0.15, 0.2) is 0 Å². The highest BCUT2D eigenvalue weighted by atomic mass is 16.1. The maximum Gasteiger partial charge on any atom is 0.137 e.